The predicted octanol–water partition coefficient (Wildman–Crippen LogP) is 2.73. The summed E-state index contributed by atoms with van der Waals surface area (Å²) in [6.45, 7) is 4.02. The van der Waals surface area contributed by atoms with Crippen molar-refractivity contribution >= 4 is 11.9 Å². The number of halogens is 1. The lowest BCUT2D eigenvalue weighted by Gasteiger charge is -2.29. The molecule has 0 saturated carbocycles. The van der Waals surface area contributed by atoms with Crippen molar-refractivity contribution in [2.24, 2.45) is 4.99 Å². The van der Waals surface area contributed by atoms with Gasteiger partial charge < -0.3 is 20.3 Å². The highest BCUT2D eigenvalue weighted by atomic mass is 19.1. The number of guanidine groups is 1. The van der Waals surface area contributed by atoms with E-state index in [4.69, 9.17) is 4.74 Å². The molecule has 0 aromatic heterocycles. The van der Waals surface area contributed by atoms with Gasteiger partial charge in [-0.15, -0.1) is 0 Å². The van der Waals surface area contributed by atoms with E-state index in [9.17, 15) is 9.18 Å². The van der Waals surface area contributed by atoms with Crippen molar-refractivity contribution in [3.8, 4) is 5.75 Å². The standard InChI is InChI=1S/C23H29FN4O2/c1-3-20(30-21-10-6-9-19(24)13-21)14-26-23(25-2)27-15-22(29)28-12-11-17-7-4-5-8-18(17)16-28/h4-10,13,20H,3,11-12,14-16H2,1-2H3,(H2,25,26,27). The summed E-state index contributed by atoms with van der Waals surface area (Å²) >= 11 is 0. The molecule has 0 fully saturated rings. The summed E-state index contributed by atoms with van der Waals surface area (Å²) in [5, 5.41) is 6.25. The van der Waals surface area contributed by atoms with E-state index in [1.165, 1.54) is 23.3 Å². The Balaban J connectivity index is 1.45. The van der Waals surface area contributed by atoms with Crippen molar-refractivity contribution in [1.29, 1.82) is 0 Å². The second kappa shape index (κ2) is 10.6. The van der Waals surface area contributed by atoms with Crippen LogP contribution >= 0.6 is 0 Å². The number of carbonyl (C=O) groups excluding carboxylic acids is 1. The number of ether oxygens (including phenoxy) is 1. The summed E-state index contributed by atoms with van der Waals surface area (Å²) < 4.78 is 19.2. The average molecular weight is 413 g/mol. The molecule has 2 aromatic carbocycles. The van der Waals surface area contributed by atoms with Gasteiger partial charge in [0.25, 0.3) is 0 Å². The van der Waals surface area contributed by atoms with E-state index >= 15 is 0 Å². The van der Waals surface area contributed by atoms with Crippen LogP contribution in [-0.4, -0.2) is 49.6 Å². The molecular weight excluding hydrogens is 383 g/mol. The van der Waals surface area contributed by atoms with Gasteiger partial charge in [0.15, 0.2) is 5.96 Å². The highest BCUT2D eigenvalue weighted by molar-refractivity contribution is 5.86. The van der Waals surface area contributed by atoms with Crippen LogP contribution in [0.5, 0.6) is 5.75 Å². The lowest BCUT2D eigenvalue weighted by Crippen LogP contribution is -2.47. The second-order valence-electron chi connectivity index (χ2n) is 7.25. The second-order valence-corrected chi connectivity index (χ2v) is 7.25. The molecule has 1 aliphatic heterocycles. The number of hydrogen-bond donors (Lipinski definition) is 2. The van der Waals surface area contributed by atoms with Gasteiger partial charge in [-0.05, 0) is 36.1 Å². The SMILES string of the molecule is CCC(CNC(=NC)NCC(=O)N1CCc2ccccc2C1)Oc1cccc(F)c1. The third kappa shape index (κ3) is 5.95. The molecule has 0 radical (unpaired) electrons. The monoisotopic (exact) mass is 412 g/mol. The maximum atomic E-state index is 13.3. The Bertz CT molecular complexity index is 887. The fourth-order valence-electron chi connectivity index (χ4n) is 3.41. The molecule has 1 atom stereocenters. The fraction of sp³-hybridized carbons (Fsp3) is 0.391. The molecule has 2 aromatic rings. The Kier molecular flexibility index (Phi) is 7.65. The summed E-state index contributed by atoms with van der Waals surface area (Å²) in [4.78, 5) is 18.7. The first-order chi connectivity index (χ1) is 14.6. The zero-order valence-electron chi connectivity index (χ0n) is 17.5. The van der Waals surface area contributed by atoms with Crippen LogP contribution in [0.15, 0.2) is 53.5 Å². The number of aliphatic imine (C=N–C) groups is 1. The molecular formula is C23H29FN4O2. The molecule has 0 aliphatic carbocycles. The Morgan fingerprint density at radius 2 is 2.00 bits per heavy atom. The third-order valence-corrected chi connectivity index (χ3v) is 5.17. The van der Waals surface area contributed by atoms with E-state index in [1.54, 1.807) is 19.2 Å². The number of nitrogens with zero attached hydrogens (tertiary/aromatic N) is 2. The summed E-state index contributed by atoms with van der Waals surface area (Å²) in [6.07, 6.45) is 1.47. The van der Waals surface area contributed by atoms with E-state index < -0.39 is 0 Å². The van der Waals surface area contributed by atoms with Crippen molar-refractivity contribution < 1.29 is 13.9 Å². The topological polar surface area (TPSA) is 66.0 Å². The number of hydrogen-bond acceptors (Lipinski definition) is 3. The Labute approximate surface area is 177 Å². The number of amides is 1. The first kappa shape index (κ1) is 21.6. The first-order valence-electron chi connectivity index (χ1n) is 10.3. The third-order valence-electron chi connectivity index (χ3n) is 5.17. The van der Waals surface area contributed by atoms with Crippen molar-refractivity contribution in [2.45, 2.75) is 32.4 Å². The minimum absolute atomic E-state index is 0.0375. The number of benzene rings is 2. The lowest BCUT2D eigenvalue weighted by molar-refractivity contribution is -0.130. The molecule has 2 N–H and O–H groups in total. The zero-order chi connectivity index (χ0) is 21.3. The normalized spacial score (nSPS) is 14.6. The highest BCUT2D eigenvalue weighted by Crippen LogP contribution is 2.18. The van der Waals surface area contributed by atoms with Crippen molar-refractivity contribution in [3.63, 3.8) is 0 Å². The van der Waals surface area contributed by atoms with Crippen molar-refractivity contribution in [3.05, 3.63) is 65.5 Å². The average Bonchev–Trinajstić information content (AvgIpc) is 2.77. The summed E-state index contributed by atoms with van der Waals surface area (Å²) in [6, 6.07) is 14.3. The molecule has 160 valence electrons. The Morgan fingerprint density at radius 1 is 1.20 bits per heavy atom. The smallest absolute Gasteiger partial charge is 0.242 e. The maximum Gasteiger partial charge on any atom is 0.242 e. The number of rotatable bonds is 7. The minimum atomic E-state index is -0.327. The van der Waals surface area contributed by atoms with Gasteiger partial charge in [0.2, 0.25) is 5.91 Å². The van der Waals surface area contributed by atoms with E-state index in [2.05, 4.69) is 27.8 Å². The summed E-state index contributed by atoms with van der Waals surface area (Å²) in [5.41, 5.74) is 2.52. The molecule has 6 nitrogen and oxygen atoms in total. The van der Waals surface area contributed by atoms with Gasteiger partial charge in [0, 0.05) is 26.2 Å². The molecule has 1 aliphatic rings. The Morgan fingerprint density at radius 3 is 2.73 bits per heavy atom. The molecule has 30 heavy (non-hydrogen) atoms. The molecule has 1 amide bonds. The van der Waals surface area contributed by atoms with E-state index in [-0.39, 0.29) is 24.4 Å². The van der Waals surface area contributed by atoms with Crippen LogP contribution in [0.2, 0.25) is 0 Å². The van der Waals surface area contributed by atoms with E-state index in [0.29, 0.717) is 24.8 Å². The van der Waals surface area contributed by atoms with Crippen LogP contribution in [0.4, 0.5) is 4.39 Å². The Hall–Kier alpha value is -3.09. The molecule has 3 rings (SSSR count). The van der Waals surface area contributed by atoms with Crippen molar-refractivity contribution in [2.75, 3.05) is 26.7 Å². The van der Waals surface area contributed by atoms with Gasteiger partial charge in [-0.1, -0.05) is 37.3 Å². The molecule has 7 heteroatoms. The molecule has 0 spiro atoms. The largest absolute Gasteiger partial charge is 0.489 e. The van der Waals surface area contributed by atoms with Crippen LogP contribution in [-0.2, 0) is 17.8 Å². The first-order valence-corrected chi connectivity index (χ1v) is 10.3. The van der Waals surface area contributed by atoms with Gasteiger partial charge >= 0.3 is 0 Å². The molecule has 1 heterocycles. The quantitative estimate of drug-likeness (QED) is 0.542. The number of fused-ring (bicyclic) bond motifs is 1. The van der Waals surface area contributed by atoms with Gasteiger partial charge in [-0.3, -0.25) is 9.79 Å². The van der Waals surface area contributed by atoms with E-state index in [0.717, 1.165) is 19.4 Å². The lowest BCUT2D eigenvalue weighted by atomic mass is 10.00. The van der Waals surface area contributed by atoms with Gasteiger partial charge in [-0.2, -0.15) is 0 Å². The summed E-state index contributed by atoms with van der Waals surface area (Å²) in [7, 11) is 1.66. The highest BCUT2D eigenvalue weighted by Gasteiger charge is 2.20. The minimum Gasteiger partial charge on any atom is -0.489 e. The predicted molar refractivity (Wildman–Crippen MR) is 116 cm³/mol. The maximum absolute atomic E-state index is 13.3. The van der Waals surface area contributed by atoms with Gasteiger partial charge in [0.1, 0.15) is 17.7 Å². The summed E-state index contributed by atoms with van der Waals surface area (Å²) in [5.74, 6) is 0.733. The number of nitrogens with one attached hydrogen (secondary N) is 2. The molecule has 1 unspecified atom stereocenters. The fourth-order valence-corrected chi connectivity index (χ4v) is 3.41. The zero-order valence-corrected chi connectivity index (χ0v) is 17.5. The van der Waals surface area contributed by atoms with Crippen LogP contribution in [0.25, 0.3) is 0 Å². The van der Waals surface area contributed by atoms with Crippen LogP contribution in [0.3, 0.4) is 0 Å². The van der Waals surface area contributed by atoms with Gasteiger partial charge in [-0.25, -0.2) is 4.39 Å². The van der Waals surface area contributed by atoms with Crippen molar-refractivity contribution in [1.82, 2.24) is 15.5 Å². The number of carbonyl (C=O) groups is 1. The van der Waals surface area contributed by atoms with Crippen LogP contribution < -0.4 is 15.4 Å². The van der Waals surface area contributed by atoms with E-state index in [1.807, 2.05) is 24.0 Å². The van der Waals surface area contributed by atoms with Crippen LogP contribution in [0.1, 0.15) is 24.5 Å². The molecule has 0 saturated heterocycles. The molecule has 0 bridgehead atoms. The van der Waals surface area contributed by atoms with Gasteiger partial charge in [0.05, 0.1) is 13.1 Å². The van der Waals surface area contributed by atoms with Crippen LogP contribution in [0, 0.1) is 5.82 Å².